The van der Waals surface area contributed by atoms with Gasteiger partial charge in [-0.2, -0.15) is 0 Å². The summed E-state index contributed by atoms with van der Waals surface area (Å²) >= 11 is 3.58. The third kappa shape index (κ3) is 7.26. The Kier molecular flexibility index (Phi) is 8.85. The first kappa shape index (κ1) is 25.2. The molecule has 0 aromatic heterocycles. The first-order valence-corrected chi connectivity index (χ1v) is 12.8. The van der Waals surface area contributed by atoms with Crippen molar-refractivity contribution in [3.05, 3.63) is 87.6 Å². The zero-order chi connectivity index (χ0) is 23.8. The quantitative estimate of drug-likeness (QED) is 0.351. The molecule has 0 aliphatic rings. The van der Waals surface area contributed by atoms with E-state index < -0.39 is 10.0 Å². The Morgan fingerprint density at radius 1 is 1.00 bits per heavy atom. The van der Waals surface area contributed by atoms with Gasteiger partial charge in [0.25, 0.3) is 0 Å². The van der Waals surface area contributed by atoms with E-state index in [-0.39, 0.29) is 17.3 Å². The third-order valence-corrected chi connectivity index (χ3v) is 6.58. The van der Waals surface area contributed by atoms with Crippen LogP contribution in [0.25, 0.3) is 0 Å². The van der Waals surface area contributed by atoms with Gasteiger partial charge in [-0.3, -0.25) is 0 Å². The predicted octanol–water partition coefficient (Wildman–Crippen LogP) is 4.55. The maximum absolute atomic E-state index is 13.9. The molecule has 0 saturated carbocycles. The molecule has 3 aromatic rings. The second-order valence-electron chi connectivity index (χ2n) is 7.32. The van der Waals surface area contributed by atoms with Crippen molar-refractivity contribution in [2.24, 2.45) is 5.14 Å². The van der Waals surface area contributed by atoms with Gasteiger partial charge < -0.3 is 14.8 Å². The van der Waals surface area contributed by atoms with Crippen LogP contribution in [0.2, 0.25) is 0 Å². The minimum atomic E-state index is -3.68. The van der Waals surface area contributed by atoms with Crippen LogP contribution in [0.15, 0.2) is 70.0 Å². The summed E-state index contributed by atoms with van der Waals surface area (Å²) in [6, 6.07) is 16.8. The molecule has 0 aliphatic heterocycles. The number of nitrogens with one attached hydrogen (secondary N) is 1. The molecule has 3 rings (SSSR count). The summed E-state index contributed by atoms with van der Waals surface area (Å²) in [5, 5.41) is 8.50. The van der Waals surface area contributed by atoms with Crippen LogP contribution < -0.4 is 19.9 Å². The minimum absolute atomic E-state index is 0.0982. The van der Waals surface area contributed by atoms with E-state index in [0.717, 1.165) is 22.0 Å². The van der Waals surface area contributed by atoms with Crippen molar-refractivity contribution in [1.82, 2.24) is 5.32 Å². The van der Waals surface area contributed by atoms with E-state index in [1.54, 1.807) is 30.3 Å². The molecule has 0 radical (unpaired) electrons. The highest BCUT2D eigenvalue weighted by Gasteiger charge is 2.12. The lowest BCUT2D eigenvalue weighted by molar-refractivity contribution is 0.265. The third-order valence-electron chi connectivity index (χ3n) is 4.91. The fraction of sp³-hybridized carbons (Fsp3) is 0.250. The summed E-state index contributed by atoms with van der Waals surface area (Å²) in [6.07, 6.45) is 0.727. The Balaban J connectivity index is 1.60. The monoisotopic (exact) mass is 536 g/mol. The summed E-state index contributed by atoms with van der Waals surface area (Å²) in [5.74, 6) is 0.813. The van der Waals surface area contributed by atoms with Gasteiger partial charge in [0.2, 0.25) is 10.0 Å². The molecule has 0 amide bonds. The second-order valence-corrected chi connectivity index (χ2v) is 9.73. The zero-order valence-corrected chi connectivity index (χ0v) is 20.6. The molecule has 0 fully saturated rings. The molecule has 6 nitrogen and oxygen atoms in total. The molecule has 3 aromatic carbocycles. The number of rotatable bonds is 11. The number of nitrogens with two attached hydrogens (primary N) is 1. The van der Waals surface area contributed by atoms with E-state index in [1.807, 2.05) is 19.1 Å². The molecule has 0 atom stereocenters. The van der Waals surface area contributed by atoms with Crippen LogP contribution in [0.1, 0.15) is 23.6 Å². The lowest BCUT2D eigenvalue weighted by Crippen LogP contribution is -2.17. The lowest BCUT2D eigenvalue weighted by Gasteiger charge is -2.16. The van der Waals surface area contributed by atoms with Crippen molar-refractivity contribution in [1.29, 1.82) is 0 Å². The van der Waals surface area contributed by atoms with Gasteiger partial charge >= 0.3 is 0 Å². The Labute approximate surface area is 202 Å². The molecule has 0 heterocycles. The van der Waals surface area contributed by atoms with E-state index in [1.165, 1.54) is 18.2 Å². The number of benzene rings is 3. The number of primary sulfonamides is 1. The Hall–Kier alpha value is -2.46. The second kappa shape index (κ2) is 11.6. The maximum Gasteiger partial charge on any atom is 0.238 e. The fourth-order valence-corrected chi connectivity index (χ4v) is 4.14. The van der Waals surface area contributed by atoms with Gasteiger partial charge in [0.05, 0.1) is 11.5 Å². The van der Waals surface area contributed by atoms with Crippen molar-refractivity contribution in [3.63, 3.8) is 0 Å². The summed E-state index contributed by atoms with van der Waals surface area (Å²) in [5.41, 5.74) is 2.46. The Morgan fingerprint density at radius 2 is 1.70 bits per heavy atom. The summed E-state index contributed by atoms with van der Waals surface area (Å²) in [4.78, 5) is 0.101. The van der Waals surface area contributed by atoms with Gasteiger partial charge in [0.15, 0.2) is 11.5 Å². The molecule has 0 aliphatic carbocycles. The molecule has 176 valence electrons. The molecule has 0 bridgehead atoms. The van der Waals surface area contributed by atoms with Gasteiger partial charge in [-0.05, 0) is 61.3 Å². The molecule has 33 heavy (non-hydrogen) atoms. The molecular weight excluding hydrogens is 511 g/mol. The van der Waals surface area contributed by atoms with Crippen molar-refractivity contribution in [3.8, 4) is 11.5 Å². The van der Waals surface area contributed by atoms with Gasteiger partial charge in [-0.15, -0.1) is 0 Å². The van der Waals surface area contributed by atoms with Gasteiger partial charge in [0, 0.05) is 16.6 Å². The van der Waals surface area contributed by atoms with Crippen molar-refractivity contribution >= 4 is 26.0 Å². The number of sulfonamides is 1. The van der Waals surface area contributed by atoms with Crippen LogP contribution in [0.3, 0.4) is 0 Å². The average molecular weight is 537 g/mol. The minimum Gasteiger partial charge on any atom is -0.490 e. The molecule has 0 unspecified atom stereocenters. The SMILES string of the molecule is CCOc1cc(CNCCc2ccc(S(N)(=O)=O)cc2)c(Br)cc1OCc1ccccc1F. The number of hydrogen-bond donors (Lipinski definition) is 2. The lowest BCUT2D eigenvalue weighted by atomic mass is 10.1. The molecule has 9 heteroatoms. The molecular formula is C24H26BrFN2O4S. The Morgan fingerprint density at radius 3 is 2.36 bits per heavy atom. The van der Waals surface area contributed by atoms with Crippen LogP contribution in [-0.4, -0.2) is 21.6 Å². The highest BCUT2D eigenvalue weighted by molar-refractivity contribution is 9.10. The van der Waals surface area contributed by atoms with E-state index in [0.29, 0.717) is 36.8 Å². The summed E-state index contributed by atoms with van der Waals surface area (Å²) in [6.45, 7) is 3.74. The molecule has 0 spiro atoms. The van der Waals surface area contributed by atoms with E-state index >= 15 is 0 Å². The maximum atomic E-state index is 13.9. The highest BCUT2D eigenvalue weighted by Crippen LogP contribution is 2.34. The predicted molar refractivity (Wildman–Crippen MR) is 129 cm³/mol. The fourth-order valence-electron chi connectivity index (χ4n) is 3.17. The van der Waals surface area contributed by atoms with Crippen LogP contribution in [0, 0.1) is 5.82 Å². The molecule has 3 N–H and O–H groups in total. The van der Waals surface area contributed by atoms with Crippen LogP contribution in [-0.2, 0) is 29.6 Å². The van der Waals surface area contributed by atoms with Crippen LogP contribution >= 0.6 is 15.9 Å². The van der Waals surface area contributed by atoms with Crippen molar-refractivity contribution in [2.45, 2.75) is 31.4 Å². The number of hydrogen-bond acceptors (Lipinski definition) is 5. The first-order valence-electron chi connectivity index (χ1n) is 10.4. The number of halogens is 2. The standard InChI is InChI=1S/C24H26BrFN2O4S/c1-2-31-23-13-19(15-28-12-11-17-7-9-20(10-8-17)33(27,29)30)21(25)14-24(23)32-16-18-5-3-4-6-22(18)26/h3-10,13-14,28H,2,11-12,15-16H2,1H3,(H2,27,29,30). The van der Waals surface area contributed by atoms with Gasteiger partial charge in [0.1, 0.15) is 12.4 Å². The van der Waals surface area contributed by atoms with Crippen LogP contribution in [0.5, 0.6) is 11.5 Å². The largest absolute Gasteiger partial charge is 0.490 e. The average Bonchev–Trinajstić information content (AvgIpc) is 2.78. The van der Waals surface area contributed by atoms with Crippen molar-refractivity contribution < 1.29 is 22.3 Å². The topological polar surface area (TPSA) is 90.6 Å². The van der Waals surface area contributed by atoms with E-state index in [4.69, 9.17) is 14.6 Å². The first-order chi connectivity index (χ1) is 15.8. The van der Waals surface area contributed by atoms with E-state index in [2.05, 4.69) is 21.2 Å². The zero-order valence-electron chi connectivity index (χ0n) is 18.2. The Bertz CT molecular complexity index is 1190. The van der Waals surface area contributed by atoms with Gasteiger partial charge in [-0.1, -0.05) is 46.3 Å². The normalized spacial score (nSPS) is 11.4. The van der Waals surface area contributed by atoms with Gasteiger partial charge in [-0.25, -0.2) is 17.9 Å². The highest BCUT2D eigenvalue weighted by atomic mass is 79.9. The van der Waals surface area contributed by atoms with Crippen molar-refractivity contribution in [2.75, 3.05) is 13.2 Å². The summed E-state index contributed by atoms with van der Waals surface area (Å²) < 4.78 is 49.0. The molecule has 0 saturated heterocycles. The number of ether oxygens (including phenoxy) is 2. The smallest absolute Gasteiger partial charge is 0.238 e. The van der Waals surface area contributed by atoms with E-state index in [9.17, 15) is 12.8 Å². The van der Waals surface area contributed by atoms with Crippen LogP contribution in [0.4, 0.5) is 4.39 Å². The summed E-state index contributed by atoms with van der Waals surface area (Å²) in [7, 11) is -3.68.